The Balaban J connectivity index is 1.67. The van der Waals surface area contributed by atoms with Crippen molar-refractivity contribution in [1.82, 2.24) is 4.90 Å². The standard InChI is InChI=1S/C22H25NO3/c1-16-12-17(2)14-23(13-16)21(24)15-26-22(25)20-11-7-6-10-19(20)18-8-4-3-5-9-18/h3-11,16-17H,12-15H2,1-2H3/t16-,17-/m0/s1. The van der Waals surface area contributed by atoms with E-state index < -0.39 is 5.97 Å². The minimum absolute atomic E-state index is 0.117. The van der Waals surface area contributed by atoms with E-state index in [1.54, 1.807) is 12.1 Å². The van der Waals surface area contributed by atoms with Crippen molar-refractivity contribution in [3.8, 4) is 11.1 Å². The molecular weight excluding hydrogens is 326 g/mol. The highest BCUT2D eigenvalue weighted by atomic mass is 16.5. The average molecular weight is 351 g/mol. The molecule has 0 unspecified atom stereocenters. The number of carbonyl (C=O) groups excluding carboxylic acids is 2. The molecule has 2 aromatic carbocycles. The van der Waals surface area contributed by atoms with Crippen molar-refractivity contribution in [2.45, 2.75) is 20.3 Å². The molecule has 26 heavy (non-hydrogen) atoms. The lowest BCUT2D eigenvalue weighted by Gasteiger charge is -2.34. The predicted molar refractivity (Wildman–Crippen MR) is 102 cm³/mol. The highest BCUT2D eigenvalue weighted by Crippen LogP contribution is 2.24. The van der Waals surface area contributed by atoms with Crippen LogP contribution in [0, 0.1) is 11.8 Å². The van der Waals surface area contributed by atoms with E-state index in [0.717, 1.165) is 30.6 Å². The highest BCUT2D eigenvalue weighted by molar-refractivity contribution is 5.98. The highest BCUT2D eigenvalue weighted by Gasteiger charge is 2.26. The lowest BCUT2D eigenvalue weighted by Crippen LogP contribution is -2.44. The minimum Gasteiger partial charge on any atom is -0.452 e. The molecule has 1 amide bonds. The third-order valence-electron chi connectivity index (χ3n) is 4.78. The maximum absolute atomic E-state index is 12.6. The Morgan fingerprint density at radius 3 is 2.27 bits per heavy atom. The molecule has 4 nitrogen and oxygen atoms in total. The number of likely N-dealkylation sites (tertiary alicyclic amines) is 1. The molecule has 1 fully saturated rings. The topological polar surface area (TPSA) is 46.6 Å². The zero-order valence-electron chi connectivity index (χ0n) is 15.4. The zero-order chi connectivity index (χ0) is 18.5. The first-order valence-corrected chi connectivity index (χ1v) is 9.14. The van der Waals surface area contributed by atoms with Gasteiger partial charge in [-0.15, -0.1) is 0 Å². The molecule has 0 N–H and O–H groups in total. The second kappa shape index (κ2) is 8.17. The molecule has 1 heterocycles. The van der Waals surface area contributed by atoms with E-state index >= 15 is 0 Å². The molecule has 0 aliphatic carbocycles. The number of piperidine rings is 1. The van der Waals surface area contributed by atoms with E-state index in [9.17, 15) is 9.59 Å². The Kier molecular flexibility index (Phi) is 5.71. The second-order valence-corrected chi connectivity index (χ2v) is 7.23. The Labute approximate surface area is 154 Å². The molecule has 4 heteroatoms. The Morgan fingerprint density at radius 2 is 1.58 bits per heavy atom. The smallest absolute Gasteiger partial charge is 0.339 e. The van der Waals surface area contributed by atoms with Gasteiger partial charge in [0.05, 0.1) is 5.56 Å². The molecule has 2 aromatic rings. The maximum Gasteiger partial charge on any atom is 0.339 e. The average Bonchev–Trinajstić information content (AvgIpc) is 2.65. The van der Waals surface area contributed by atoms with Crippen molar-refractivity contribution >= 4 is 11.9 Å². The molecule has 3 rings (SSSR count). The number of hydrogen-bond acceptors (Lipinski definition) is 3. The van der Waals surface area contributed by atoms with Gasteiger partial charge in [0.1, 0.15) is 0 Å². The van der Waals surface area contributed by atoms with Crippen LogP contribution in [0.2, 0.25) is 0 Å². The van der Waals surface area contributed by atoms with Gasteiger partial charge in [-0.1, -0.05) is 62.4 Å². The van der Waals surface area contributed by atoms with Crippen molar-refractivity contribution in [2.24, 2.45) is 11.8 Å². The summed E-state index contributed by atoms with van der Waals surface area (Å²) in [4.78, 5) is 26.8. The normalized spacial score (nSPS) is 19.8. The summed E-state index contributed by atoms with van der Waals surface area (Å²) in [6, 6.07) is 17.0. The fourth-order valence-corrected chi connectivity index (χ4v) is 3.69. The van der Waals surface area contributed by atoms with Crippen molar-refractivity contribution in [3.05, 3.63) is 60.2 Å². The monoisotopic (exact) mass is 351 g/mol. The van der Waals surface area contributed by atoms with Gasteiger partial charge in [0.25, 0.3) is 5.91 Å². The maximum atomic E-state index is 12.6. The third kappa shape index (κ3) is 4.31. The van der Waals surface area contributed by atoms with E-state index in [2.05, 4.69) is 13.8 Å². The van der Waals surface area contributed by atoms with E-state index in [0.29, 0.717) is 17.4 Å². The van der Waals surface area contributed by atoms with E-state index in [4.69, 9.17) is 4.74 Å². The molecule has 1 aliphatic heterocycles. The fourth-order valence-electron chi connectivity index (χ4n) is 3.69. The van der Waals surface area contributed by atoms with Gasteiger partial charge in [-0.3, -0.25) is 4.79 Å². The van der Waals surface area contributed by atoms with E-state index in [-0.39, 0.29) is 12.5 Å². The van der Waals surface area contributed by atoms with Crippen molar-refractivity contribution in [2.75, 3.05) is 19.7 Å². The minimum atomic E-state index is -0.462. The summed E-state index contributed by atoms with van der Waals surface area (Å²) in [6.45, 7) is 5.57. The largest absolute Gasteiger partial charge is 0.452 e. The molecule has 1 saturated heterocycles. The van der Waals surface area contributed by atoms with Gasteiger partial charge in [-0.2, -0.15) is 0 Å². The van der Waals surface area contributed by atoms with Crippen LogP contribution in [0.15, 0.2) is 54.6 Å². The van der Waals surface area contributed by atoms with Crippen LogP contribution in [0.5, 0.6) is 0 Å². The SMILES string of the molecule is C[C@H]1C[C@H](C)CN(C(=O)COC(=O)c2ccccc2-c2ccccc2)C1. The van der Waals surface area contributed by atoms with Crippen LogP contribution in [0.25, 0.3) is 11.1 Å². The number of carbonyl (C=O) groups is 2. The van der Waals surface area contributed by atoms with Gasteiger partial charge in [-0.25, -0.2) is 4.79 Å². The number of rotatable bonds is 4. The summed E-state index contributed by atoms with van der Waals surface area (Å²) in [6.07, 6.45) is 1.13. The number of hydrogen-bond donors (Lipinski definition) is 0. The number of nitrogens with zero attached hydrogens (tertiary/aromatic N) is 1. The summed E-state index contributed by atoms with van der Waals surface area (Å²) < 4.78 is 5.35. The molecular formula is C22H25NO3. The van der Waals surface area contributed by atoms with Crippen LogP contribution in [0.4, 0.5) is 0 Å². The molecule has 2 atom stereocenters. The number of ether oxygens (including phenoxy) is 1. The lowest BCUT2D eigenvalue weighted by atomic mass is 9.92. The fraction of sp³-hybridized carbons (Fsp3) is 0.364. The Morgan fingerprint density at radius 1 is 0.962 bits per heavy atom. The zero-order valence-corrected chi connectivity index (χ0v) is 15.4. The van der Waals surface area contributed by atoms with Crippen LogP contribution < -0.4 is 0 Å². The van der Waals surface area contributed by atoms with Crippen molar-refractivity contribution < 1.29 is 14.3 Å². The number of benzene rings is 2. The van der Waals surface area contributed by atoms with E-state index in [1.807, 2.05) is 47.4 Å². The van der Waals surface area contributed by atoms with Gasteiger partial charge in [-0.05, 0) is 35.4 Å². The summed E-state index contributed by atoms with van der Waals surface area (Å²) >= 11 is 0. The molecule has 0 radical (unpaired) electrons. The first-order valence-electron chi connectivity index (χ1n) is 9.14. The first-order chi connectivity index (χ1) is 12.5. The first kappa shape index (κ1) is 18.2. The van der Waals surface area contributed by atoms with Gasteiger partial charge in [0.2, 0.25) is 0 Å². The quantitative estimate of drug-likeness (QED) is 0.782. The molecule has 136 valence electrons. The Hall–Kier alpha value is -2.62. The number of esters is 1. The molecule has 0 aromatic heterocycles. The van der Waals surface area contributed by atoms with Gasteiger partial charge in [0.15, 0.2) is 6.61 Å². The van der Waals surface area contributed by atoms with Gasteiger partial charge in [0, 0.05) is 13.1 Å². The molecule has 0 spiro atoms. The van der Waals surface area contributed by atoms with Crippen LogP contribution >= 0.6 is 0 Å². The summed E-state index contributed by atoms with van der Waals surface area (Å²) in [5.74, 6) is 0.388. The number of amides is 1. The van der Waals surface area contributed by atoms with Crippen molar-refractivity contribution in [1.29, 1.82) is 0 Å². The summed E-state index contributed by atoms with van der Waals surface area (Å²) in [7, 11) is 0. The molecule has 0 bridgehead atoms. The van der Waals surface area contributed by atoms with Gasteiger partial charge >= 0.3 is 5.97 Å². The van der Waals surface area contributed by atoms with E-state index in [1.165, 1.54) is 0 Å². The van der Waals surface area contributed by atoms with Crippen LogP contribution in [-0.2, 0) is 9.53 Å². The third-order valence-corrected chi connectivity index (χ3v) is 4.78. The second-order valence-electron chi connectivity index (χ2n) is 7.23. The summed E-state index contributed by atoms with van der Waals surface area (Å²) in [5, 5.41) is 0. The molecule has 1 aliphatic rings. The van der Waals surface area contributed by atoms with Crippen LogP contribution in [-0.4, -0.2) is 36.5 Å². The molecule has 0 saturated carbocycles. The van der Waals surface area contributed by atoms with Gasteiger partial charge < -0.3 is 9.64 Å². The van der Waals surface area contributed by atoms with Crippen LogP contribution in [0.1, 0.15) is 30.6 Å². The predicted octanol–water partition coefficient (Wildman–Crippen LogP) is 4.01. The van der Waals surface area contributed by atoms with Crippen LogP contribution in [0.3, 0.4) is 0 Å². The Bertz CT molecular complexity index is 762. The summed E-state index contributed by atoms with van der Waals surface area (Å²) in [5.41, 5.74) is 2.24. The lowest BCUT2D eigenvalue weighted by molar-refractivity contribution is -0.137. The van der Waals surface area contributed by atoms with Crippen molar-refractivity contribution in [3.63, 3.8) is 0 Å².